The summed E-state index contributed by atoms with van der Waals surface area (Å²) >= 11 is 1.87. The molecule has 1 N–H and O–H groups in total. The summed E-state index contributed by atoms with van der Waals surface area (Å²) in [6.45, 7) is 5.29. The van der Waals surface area contributed by atoms with Gasteiger partial charge in [0.1, 0.15) is 5.82 Å². The first kappa shape index (κ1) is 34.3. The number of nitrogens with one attached hydrogen (secondary N) is 1. The maximum Gasteiger partial charge on any atom is 0.211 e. The van der Waals surface area contributed by atoms with Crippen molar-refractivity contribution in [2.24, 2.45) is 0 Å². The van der Waals surface area contributed by atoms with Crippen molar-refractivity contribution in [3.05, 3.63) is 5.82 Å². The molecule has 0 amide bonds. The summed E-state index contributed by atoms with van der Waals surface area (Å²) in [5.74, 6) is 2.75. The fraction of sp³-hybridized carbons (Fsp3) is 0.963. The first-order valence-electron chi connectivity index (χ1n) is 14.7. The van der Waals surface area contributed by atoms with Gasteiger partial charge in [-0.2, -0.15) is 11.8 Å². The first-order valence-corrected chi connectivity index (χ1v) is 17.6. The van der Waals surface area contributed by atoms with Crippen molar-refractivity contribution in [3.8, 4) is 0 Å². The minimum atomic E-state index is -3.32. The van der Waals surface area contributed by atoms with Crippen LogP contribution in [0.4, 0.5) is 0 Å². The molecular formula is C27H57N6O2S2+. The Bertz CT molecular complexity index is 780. The highest BCUT2D eigenvalue weighted by Gasteiger charge is 2.20. The molecule has 0 bridgehead atoms. The molecule has 218 valence electrons. The molecule has 0 fully saturated rings. The Hall–Kier alpha value is -0.710. The molecule has 0 radical (unpaired) electrons. The Morgan fingerprint density at radius 3 is 1.89 bits per heavy atom. The number of tetrazole rings is 1. The molecule has 0 aliphatic carbocycles. The van der Waals surface area contributed by atoms with Gasteiger partial charge in [0.2, 0.25) is 10.0 Å². The van der Waals surface area contributed by atoms with Crippen LogP contribution in [0.25, 0.3) is 0 Å². The molecule has 1 aromatic rings. The third-order valence-corrected chi connectivity index (χ3v) is 9.37. The number of nitrogens with zero attached hydrogens (tertiary/aromatic N) is 5. The van der Waals surface area contributed by atoms with Crippen LogP contribution in [-0.4, -0.2) is 84.6 Å². The van der Waals surface area contributed by atoms with Gasteiger partial charge in [0.25, 0.3) is 0 Å². The van der Waals surface area contributed by atoms with E-state index in [-0.39, 0.29) is 11.8 Å². The van der Waals surface area contributed by atoms with Gasteiger partial charge in [-0.1, -0.05) is 90.4 Å². The average molecular weight is 562 g/mol. The number of rotatable bonds is 25. The van der Waals surface area contributed by atoms with Crippen molar-refractivity contribution < 1.29 is 12.9 Å². The number of unbranched alkanes of at least 4 members (excludes halogenated alkanes) is 13. The molecule has 1 rings (SSSR count). The van der Waals surface area contributed by atoms with Gasteiger partial charge in [0, 0.05) is 18.7 Å². The van der Waals surface area contributed by atoms with Crippen molar-refractivity contribution in [2.75, 3.05) is 51.5 Å². The van der Waals surface area contributed by atoms with Crippen molar-refractivity contribution in [3.63, 3.8) is 0 Å². The Balaban J connectivity index is 2.17. The van der Waals surface area contributed by atoms with Gasteiger partial charge >= 0.3 is 0 Å². The fourth-order valence-electron chi connectivity index (χ4n) is 4.43. The zero-order valence-corrected chi connectivity index (χ0v) is 26.2. The van der Waals surface area contributed by atoms with Crippen LogP contribution in [0.2, 0.25) is 0 Å². The minimum absolute atomic E-state index is 0.0835. The predicted octanol–water partition coefficient (Wildman–Crippen LogP) is 5.75. The lowest BCUT2D eigenvalue weighted by Gasteiger charge is -2.23. The second kappa shape index (κ2) is 20.2. The standard InChI is InChI=1S/C27H57N6O2S2/c1-6-7-8-9-10-11-12-13-14-15-16-17-18-19-22-36-25-27(32-26(2)29-30-31-32)24-28-37(34,35)23-20-21-33(3,4)5/h27-28H,6-25H2,1-5H3/q+1. The fourth-order valence-corrected chi connectivity index (χ4v) is 6.64. The van der Waals surface area contributed by atoms with E-state index in [9.17, 15) is 8.42 Å². The molecule has 0 spiro atoms. The van der Waals surface area contributed by atoms with Gasteiger partial charge in [-0.25, -0.2) is 17.8 Å². The summed E-state index contributed by atoms with van der Waals surface area (Å²) in [4.78, 5) is 0. The van der Waals surface area contributed by atoms with Gasteiger partial charge in [-0.3, -0.25) is 0 Å². The third kappa shape index (κ3) is 19.1. The topological polar surface area (TPSA) is 89.8 Å². The van der Waals surface area contributed by atoms with E-state index in [1.807, 2.05) is 18.7 Å². The van der Waals surface area contributed by atoms with Crippen LogP contribution in [0, 0.1) is 6.92 Å². The highest BCUT2D eigenvalue weighted by Crippen LogP contribution is 2.18. The molecule has 1 atom stereocenters. The predicted molar refractivity (Wildman–Crippen MR) is 159 cm³/mol. The van der Waals surface area contributed by atoms with Crippen molar-refractivity contribution in [2.45, 2.75) is 116 Å². The highest BCUT2D eigenvalue weighted by molar-refractivity contribution is 7.99. The molecule has 0 aliphatic rings. The molecule has 37 heavy (non-hydrogen) atoms. The molecule has 1 unspecified atom stereocenters. The van der Waals surface area contributed by atoms with Gasteiger partial charge in [-0.15, -0.1) is 5.10 Å². The smallest absolute Gasteiger partial charge is 0.211 e. The van der Waals surface area contributed by atoms with Crippen LogP contribution in [0.3, 0.4) is 0 Å². The molecule has 10 heteroatoms. The Kier molecular flexibility index (Phi) is 18.8. The van der Waals surface area contributed by atoms with Crippen LogP contribution < -0.4 is 4.72 Å². The number of hydrogen-bond acceptors (Lipinski definition) is 6. The van der Waals surface area contributed by atoms with Crippen LogP contribution >= 0.6 is 11.8 Å². The van der Waals surface area contributed by atoms with Crippen molar-refractivity contribution >= 4 is 21.8 Å². The van der Waals surface area contributed by atoms with E-state index in [0.717, 1.165) is 22.5 Å². The highest BCUT2D eigenvalue weighted by atomic mass is 32.2. The van der Waals surface area contributed by atoms with E-state index in [0.29, 0.717) is 18.8 Å². The number of sulfonamides is 1. The second-order valence-corrected chi connectivity index (χ2v) is 14.6. The maximum absolute atomic E-state index is 12.5. The van der Waals surface area contributed by atoms with E-state index in [1.54, 1.807) is 4.68 Å². The average Bonchev–Trinajstić information content (AvgIpc) is 3.25. The molecule has 1 aromatic heterocycles. The van der Waals surface area contributed by atoms with Gasteiger partial charge in [0.05, 0.1) is 39.5 Å². The number of aromatic nitrogens is 4. The van der Waals surface area contributed by atoms with Crippen molar-refractivity contribution in [1.82, 2.24) is 24.9 Å². The summed E-state index contributed by atoms with van der Waals surface area (Å²) in [6.07, 6.45) is 19.8. The summed E-state index contributed by atoms with van der Waals surface area (Å²) in [6, 6.07) is -0.0835. The molecule has 0 saturated heterocycles. The van der Waals surface area contributed by atoms with Crippen molar-refractivity contribution in [1.29, 1.82) is 0 Å². The van der Waals surface area contributed by atoms with E-state index in [4.69, 9.17) is 0 Å². The minimum Gasteiger partial charge on any atom is -0.331 e. The summed E-state index contributed by atoms with van der Waals surface area (Å²) < 4.78 is 30.3. The lowest BCUT2D eigenvalue weighted by molar-refractivity contribution is -0.870. The quantitative estimate of drug-likeness (QED) is 0.121. The third-order valence-electron chi connectivity index (χ3n) is 6.74. The van der Waals surface area contributed by atoms with Crippen LogP contribution in [0.15, 0.2) is 0 Å². The molecule has 8 nitrogen and oxygen atoms in total. The molecule has 1 heterocycles. The molecular weight excluding hydrogens is 504 g/mol. The number of thioether (sulfide) groups is 1. The van der Waals surface area contributed by atoms with E-state index >= 15 is 0 Å². The zero-order valence-electron chi connectivity index (χ0n) is 24.6. The largest absolute Gasteiger partial charge is 0.331 e. The Morgan fingerprint density at radius 1 is 0.865 bits per heavy atom. The van der Waals surface area contributed by atoms with E-state index in [2.05, 4.69) is 48.3 Å². The van der Waals surface area contributed by atoms with Gasteiger partial charge < -0.3 is 4.48 Å². The van der Waals surface area contributed by atoms with E-state index < -0.39 is 10.0 Å². The maximum atomic E-state index is 12.5. The number of hydrogen-bond donors (Lipinski definition) is 1. The second-order valence-electron chi connectivity index (χ2n) is 11.5. The van der Waals surface area contributed by atoms with Crippen LogP contribution in [-0.2, 0) is 10.0 Å². The Morgan fingerprint density at radius 2 is 1.41 bits per heavy atom. The molecule has 0 saturated carbocycles. The van der Waals surface area contributed by atoms with Crippen LogP contribution in [0.5, 0.6) is 0 Å². The summed E-state index contributed by atoms with van der Waals surface area (Å²) in [7, 11) is 2.91. The van der Waals surface area contributed by atoms with Gasteiger partial charge in [-0.05, 0) is 29.5 Å². The van der Waals surface area contributed by atoms with Gasteiger partial charge in [0.15, 0.2) is 0 Å². The normalized spacial score (nSPS) is 13.3. The molecule has 0 aliphatic heterocycles. The lowest BCUT2D eigenvalue weighted by Crippen LogP contribution is -2.38. The number of aryl methyl sites for hydroxylation is 1. The lowest BCUT2D eigenvalue weighted by atomic mass is 10.0. The SMILES string of the molecule is CCCCCCCCCCCCCCCCSCC(CNS(=O)(=O)CCC[N+](C)(C)C)n1nnnc1C. The van der Waals surface area contributed by atoms with Crippen LogP contribution in [0.1, 0.15) is 115 Å². The zero-order chi connectivity index (χ0) is 27.4. The number of quaternary nitrogens is 1. The van der Waals surface area contributed by atoms with E-state index in [1.165, 1.54) is 89.9 Å². The summed E-state index contributed by atoms with van der Waals surface area (Å²) in [5.41, 5.74) is 0. The Labute approximate surface area is 232 Å². The first-order chi connectivity index (χ1) is 17.6. The molecule has 0 aromatic carbocycles. The summed E-state index contributed by atoms with van der Waals surface area (Å²) in [5, 5.41) is 11.9. The monoisotopic (exact) mass is 561 g/mol.